The molecule has 2 saturated carbocycles. The molecule has 3 heteroatoms. The third-order valence-corrected chi connectivity index (χ3v) is 4.13. The Hall–Kier alpha value is -1.64. The first-order chi connectivity index (χ1) is 8.72. The third-order valence-electron chi connectivity index (χ3n) is 4.13. The van der Waals surface area contributed by atoms with Crippen LogP contribution in [-0.4, -0.2) is 11.6 Å². The van der Waals surface area contributed by atoms with E-state index in [4.69, 9.17) is 0 Å². The maximum Gasteiger partial charge on any atom is 0.271 e. The van der Waals surface area contributed by atoms with Crippen LogP contribution in [0.3, 0.4) is 0 Å². The Morgan fingerprint density at radius 1 is 1.28 bits per heavy atom. The lowest BCUT2D eigenvalue weighted by atomic mass is 9.99. The minimum absolute atomic E-state index is 0.106. The van der Waals surface area contributed by atoms with E-state index in [2.05, 4.69) is 10.5 Å². The van der Waals surface area contributed by atoms with Gasteiger partial charge in [-0.1, -0.05) is 17.7 Å². The van der Waals surface area contributed by atoms with Crippen LogP contribution in [0.15, 0.2) is 29.4 Å². The summed E-state index contributed by atoms with van der Waals surface area (Å²) in [5.74, 6) is 1.35. The summed E-state index contributed by atoms with van der Waals surface area (Å²) in [7, 11) is 0. The SMILES string of the molecule is Cc1ccc(C(=O)N/N=C2/CC3CCC2C3)cc1. The number of carbonyl (C=O) groups is 1. The Morgan fingerprint density at radius 3 is 2.67 bits per heavy atom. The first-order valence-corrected chi connectivity index (χ1v) is 6.66. The summed E-state index contributed by atoms with van der Waals surface area (Å²) in [6, 6.07) is 7.57. The zero-order chi connectivity index (χ0) is 12.5. The second kappa shape index (κ2) is 4.56. The molecule has 18 heavy (non-hydrogen) atoms. The van der Waals surface area contributed by atoms with E-state index in [1.54, 1.807) is 0 Å². The molecule has 2 aliphatic carbocycles. The van der Waals surface area contributed by atoms with Crippen molar-refractivity contribution in [3.05, 3.63) is 35.4 Å². The summed E-state index contributed by atoms with van der Waals surface area (Å²) >= 11 is 0. The van der Waals surface area contributed by atoms with Gasteiger partial charge >= 0.3 is 0 Å². The number of benzene rings is 1. The molecule has 1 aromatic rings. The molecule has 0 spiro atoms. The first-order valence-electron chi connectivity index (χ1n) is 6.66. The van der Waals surface area contributed by atoms with Gasteiger partial charge in [-0.05, 0) is 56.6 Å². The number of rotatable bonds is 2. The smallest absolute Gasteiger partial charge is 0.267 e. The monoisotopic (exact) mass is 242 g/mol. The Bertz CT molecular complexity index is 490. The van der Waals surface area contributed by atoms with Gasteiger partial charge in [-0.3, -0.25) is 4.79 Å². The van der Waals surface area contributed by atoms with Crippen LogP contribution in [0.1, 0.15) is 41.6 Å². The number of hydrogen-bond donors (Lipinski definition) is 1. The predicted molar refractivity (Wildman–Crippen MR) is 71.5 cm³/mol. The van der Waals surface area contributed by atoms with Crippen LogP contribution in [0, 0.1) is 18.8 Å². The van der Waals surface area contributed by atoms with Crippen LogP contribution in [0.25, 0.3) is 0 Å². The van der Waals surface area contributed by atoms with E-state index in [9.17, 15) is 4.79 Å². The van der Waals surface area contributed by atoms with Crippen molar-refractivity contribution in [1.82, 2.24) is 5.43 Å². The number of amides is 1. The van der Waals surface area contributed by atoms with Crippen LogP contribution >= 0.6 is 0 Å². The van der Waals surface area contributed by atoms with Gasteiger partial charge in [0.15, 0.2) is 0 Å². The number of hydrazone groups is 1. The summed E-state index contributed by atoms with van der Waals surface area (Å²) in [5.41, 5.74) is 5.73. The Morgan fingerprint density at radius 2 is 2.06 bits per heavy atom. The predicted octanol–water partition coefficient (Wildman–Crippen LogP) is 2.90. The fourth-order valence-corrected chi connectivity index (χ4v) is 3.05. The number of carbonyl (C=O) groups excluding carboxylic acids is 1. The van der Waals surface area contributed by atoms with Gasteiger partial charge in [0.2, 0.25) is 0 Å². The average Bonchev–Trinajstić information content (AvgIpc) is 2.99. The number of fused-ring (bicyclic) bond motifs is 2. The van der Waals surface area contributed by atoms with Crippen molar-refractivity contribution in [1.29, 1.82) is 0 Å². The van der Waals surface area contributed by atoms with Crippen molar-refractivity contribution in [2.45, 2.75) is 32.6 Å². The molecular weight excluding hydrogens is 224 g/mol. The molecule has 94 valence electrons. The first kappa shape index (κ1) is 11.5. The van der Waals surface area contributed by atoms with Gasteiger partial charge in [0, 0.05) is 11.3 Å². The highest BCUT2D eigenvalue weighted by molar-refractivity contribution is 5.96. The Labute approximate surface area is 107 Å². The molecule has 3 rings (SSSR count). The highest BCUT2D eigenvalue weighted by atomic mass is 16.2. The topological polar surface area (TPSA) is 41.5 Å². The summed E-state index contributed by atoms with van der Waals surface area (Å²) < 4.78 is 0. The summed E-state index contributed by atoms with van der Waals surface area (Å²) in [6.07, 6.45) is 4.96. The molecule has 1 N–H and O–H groups in total. The molecule has 2 unspecified atom stereocenters. The largest absolute Gasteiger partial charge is 0.271 e. The quantitative estimate of drug-likeness (QED) is 0.796. The second-order valence-electron chi connectivity index (χ2n) is 5.49. The normalized spacial score (nSPS) is 27.7. The molecule has 0 aromatic heterocycles. The summed E-state index contributed by atoms with van der Waals surface area (Å²) in [4.78, 5) is 11.9. The lowest BCUT2D eigenvalue weighted by Gasteiger charge is -2.11. The van der Waals surface area contributed by atoms with E-state index in [-0.39, 0.29) is 5.91 Å². The molecular formula is C15H18N2O. The molecule has 2 fully saturated rings. The number of nitrogens with one attached hydrogen (secondary N) is 1. The molecule has 2 atom stereocenters. The van der Waals surface area contributed by atoms with Crippen LogP contribution in [0.2, 0.25) is 0 Å². The fourth-order valence-electron chi connectivity index (χ4n) is 3.05. The van der Waals surface area contributed by atoms with Gasteiger partial charge in [-0.2, -0.15) is 5.10 Å². The zero-order valence-corrected chi connectivity index (χ0v) is 10.6. The van der Waals surface area contributed by atoms with Crippen molar-refractivity contribution < 1.29 is 4.79 Å². The standard InChI is InChI=1S/C15H18N2O/c1-10-2-5-12(6-3-10)15(18)17-16-14-9-11-4-7-13(14)8-11/h2-3,5-6,11,13H,4,7-9H2,1H3,(H,17,18)/b16-14-. The van der Waals surface area contributed by atoms with E-state index in [1.165, 1.54) is 25.0 Å². The fraction of sp³-hybridized carbons (Fsp3) is 0.467. The molecule has 2 aliphatic rings. The van der Waals surface area contributed by atoms with Gasteiger partial charge in [0.25, 0.3) is 5.91 Å². The Kier molecular flexibility index (Phi) is 2.90. The van der Waals surface area contributed by atoms with Crippen LogP contribution in [0.4, 0.5) is 0 Å². The second-order valence-corrected chi connectivity index (χ2v) is 5.49. The number of aryl methyl sites for hydroxylation is 1. The van der Waals surface area contributed by atoms with Gasteiger partial charge in [0.1, 0.15) is 0 Å². The summed E-state index contributed by atoms with van der Waals surface area (Å²) in [5, 5.41) is 4.32. The number of nitrogens with zero attached hydrogens (tertiary/aromatic N) is 1. The molecule has 3 nitrogen and oxygen atoms in total. The van der Waals surface area contributed by atoms with E-state index >= 15 is 0 Å². The zero-order valence-electron chi connectivity index (χ0n) is 10.6. The van der Waals surface area contributed by atoms with Crippen molar-refractivity contribution in [2.75, 3.05) is 0 Å². The minimum Gasteiger partial charge on any atom is -0.267 e. The Balaban J connectivity index is 1.65. The molecule has 0 aliphatic heterocycles. The number of hydrogen-bond acceptors (Lipinski definition) is 2. The third kappa shape index (κ3) is 2.17. The minimum atomic E-state index is -0.106. The highest BCUT2D eigenvalue weighted by Gasteiger charge is 2.36. The van der Waals surface area contributed by atoms with Crippen molar-refractivity contribution in [3.63, 3.8) is 0 Å². The molecule has 2 bridgehead atoms. The van der Waals surface area contributed by atoms with E-state index in [0.29, 0.717) is 11.5 Å². The van der Waals surface area contributed by atoms with E-state index < -0.39 is 0 Å². The van der Waals surface area contributed by atoms with Crippen molar-refractivity contribution >= 4 is 11.6 Å². The van der Waals surface area contributed by atoms with Gasteiger partial charge in [0.05, 0.1) is 0 Å². The lowest BCUT2D eigenvalue weighted by molar-refractivity contribution is 0.0954. The van der Waals surface area contributed by atoms with Gasteiger partial charge in [-0.25, -0.2) is 5.43 Å². The molecule has 0 radical (unpaired) electrons. The van der Waals surface area contributed by atoms with Gasteiger partial charge < -0.3 is 0 Å². The van der Waals surface area contributed by atoms with Gasteiger partial charge in [-0.15, -0.1) is 0 Å². The van der Waals surface area contributed by atoms with Crippen LogP contribution in [-0.2, 0) is 0 Å². The lowest BCUT2D eigenvalue weighted by Crippen LogP contribution is -2.21. The highest BCUT2D eigenvalue weighted by Crippen LogP contribution is 2.42. The van der Waals surface area contributed by atoms with Crippen LogP contribution < -0.4 is 5.43 Å². The van der Waals surface area contributed by atoms with Crippen molar-refractivity contribution in [2.24, 2.45) is 16.9 Å². The van der Waals surface area contributed by atoms with Crippen molar-refractivity contribution in [3.8, 4) is 0 Å². The molecule has 1 aromatic carbocycles. The van der Waals surface area contributed by atoms with E-state index in [1.807, 2.05) is 31.2 Å². The summed E-state index contributed by atoms with van der Waals surface area (Å²) in [6.45, 7) is 2.01. The van der Waals surface area contributed by atoms with E-state index in [0.717, 1.165) is 17.9 Å². The maximum absolute atomic E-state index is 11.9. The maximum atomic E-state index is 11.9. The molecule has 0 heterocycles. The van der Waals surface area contributed by atoms with Crippen LogP contribution in [0.5, 0.6) is 0 Å². The molecule has 0 saturated heterocycles. The average molecular weight is 242 g/mol. The molecule has 1 amide bonds.